The molecule has 1 aliphatic rings. The summed E-state index contributed by atoms with van der Waals surface area (Å²) in [6, 6.07) is 2.40. The van der Waals surface area contributed by atoms with Crippen LogP contribution in [0.25, 0.3) is 0 Å². The van der Waals surface area contributed by atoms with Crippen molar-refractivity contribution in [1.82, 2.24) is 9.88 Å². The molecular weight excluding hydrogens is 394 g/mol. The number of aromatic nitrogens is 1. The fraction of sp³-hybridized carbons (Fsp3) is 0.250. The molecule has 26 heavy (non-hydrogen) atoms. The SMILES string of the molecule is O=C(Nc1cc(Cl)c(Cl)cc1C(F)(F)F)N1CCc2cc(=O)[nH]cc2C1. The summed E-state index contributed by atoms with van der Waals surface area (Å²) in [5.41, 5.74) is -0.252. The van der Waals surface area contributed by atoms with Crippen LogP contribution in [0.1, 0.15) is 16.7 Å². The fourth-order valence-electron chi connectivity index (χ4n) is 2.72. The maximum absolute atomic E-state index is 13.2. The highest BCUT2D eigenvalue weighted by Crippen LogP contribution is 2.39. The van der Waals surface area contributed by atoms with E-state index in [9.17, 15) is 22.8 Å². The predicted molar refractivity (Wildman–Crippen MR) is 91.7 cm³/mol. The highest BCUT2D eigenvalue weighted by molar-refractivity contribution is 6.42. The second-order valence-electron chi connectivity index (χ2n) is 5.76. The van der Waals surface area contributed by atoms with Gasteiger partial charge in [-0.25, -0.2) is 4.79 Å². The molecule has 0 saturated carbocycles. The van der Waals surface area contributed by atoms with E-state index in [0.29, 0.717) is 12.5 Å². The minimum absolute atomic E-state index is 0.100. The standard InChI is InChI=1S/C16H12Cl2F3N3O2/c17-11-4-10(16(19,20)21)13(5-12(11)18)23-15(26)24-2-1-8-3-14(25)22-6-9(8)7-24/h3-6H,1-2,7H2,(H,22,25)(H,23,26). The third-order valence-corrected chi connectivity index (χ3v) is 4.74. The number of pyridine rings is 1. The Morgan fingerprint density at radius 3 is 2.54 bits per heavy atom. The summed E-state index contributed by atoms with van der Waals surface area (Å²) < 4.78 is 39.6. The molecule has 5 nitrogen and oxygen atoms in total. The number of carbonyl (C=O) groups is 1. The molecule has 10 heteroatoms. The summed E-state index contributed by atoms with van der Waals surface area (Å²) in [4.78, 5) is 27.6. The van der Waals surface area contributed by atoms with Gasteiger partial charge in [-0.1, -0.05) is 23.2 Å². The van der Waals surface area contributed by atoms with Crippen molar-refractivity contribution in [3.63, 3.8) is 0 Å². The van der Waals surface area contributed by atoms with Gasteiger partial charge < -0.3 is 15.2 Å². The number of nitrogens with zero attached hydrogens (tertiary/aromatic N) is 1. The number of carbonyl (C=O) groups excluding carboxylic acids is 1. The average Bonchev–Trinajstić information content (AvgIpc) is 2.56. The predicted octanol–water partition coefficient (Wildman–Crippen LogP) is 4.29. The molecule has 0 unspecified atom stereocenters. The van der Waals surface area contributed by atoms with E-state index in [2.05, 4.69) is 10.3 Å². The summed E-state index contributed by atoms with van der Waals surface area (Å²) in [7, 11) is 0. The molecule has 2 N–H and O–H groups in total. The van der Waals surface area contributed by atoms with Gasteiger partial charge in [-0.15, -0.1) is 0 Å². The number of hydrogen-bond donors (Lipinski definition) is 2. The maximum Gasteiger partial charge on any atom is 0.418 e. The van der Waals surface area contributed by atoms with Crippen LogP contribution >= 0.6 is 23.2 Å². The first-order valence-corrected chi connectivity index (χ1v) is 8.23. The first kappa shape index (κ1) is 18.6. The number of fused-ring (bicyclic) bond motifs is 1. The Bertz CT molecular complexity index is 928. The number of aromatic amines is 1. The Morgan fingerprint density at radius 1 is 1.15 bits per heavy atom. The first-order valence-electron chi connectivity index (χ1n) is 7.48. The van der Waals surface area contributed by atoms with E-state index < -0.39 is 23.5 Å². The van der Waals surface area contributed by atoms with Gasteiger partial charge in [0.1, 0.15) is 0 Å². The van der Waals surface area contributed by atoms with Gasteiger partial charge in [0.25, 0.3) is 0 Å². The van der Waals surface area contributed by atoms with Gasteiger partial charge in [0.2, 0.25) is 5.56 Å². The number of rotatable bonds is 1. The molecule has 0 spiro atoms. The molecule has 0 fully saturated rings. The smallest absolute Gasteiger partial charge is 0.329 e. The van der Waals surface area contributed by atoms with Gasteiger partial charge in [0, 0.05) is 25.4 Å². The van der Waals surface area contributed by atoms with Crippen LogP contribution in [0.3, 0.4) is 0 Å². The van der Waals surface area contributed by atoms with Crippen LogP contribution in [0.4, 0.5) is 23.7 Å². The molecule has 0 saturated heterocycles. The van der Waals surface area contributed by atoms with Crippen molar-refractivity contribution in [2.75, 3.05) is 11.9 Å². The summed E-state index contributed by atoms with van der Waals surface area (Å²) in [5.74, 6) is 0. The number of H-pyrrole nitrogens is 1. The highest BCUT2D eigenvalue weighted by atomic mass is 35.5. The monoisotopic (exact) mass is 405 g/mol. The number of alkyl halides is 3. The summed E-state index contributed by atoms with van der Waals surface area (Å²) >= 11 is 11.5. The lowest BCUT2D eigenvalue weighted by atomic mass is 10.0. The van der Waals surface area contributed by atoms with Crippen molar-refractivity contribution in [3.8, 4) is 0 Å². The molecule has 1 aromatic heterocycles. The van der Waals surface area contributed by atoms with Gasteiger partial charge in [0.15, 0.2) is 0 Å². The number of anilines is 1. The zero-order chi connectivity index (χ0) is 19.1. The summed E-state index contributed by atoms with van der Waals surface area (Å²) in [6.45, 7) is 0.436. The third-order valence-electron chi connectivity index (χ3n) is 4.01. The van der Waals surface area contributed by atoms with Crippen LogP contribution in [-0.2, 0) is 19.1 Å². The number of nitrogens with one attached hydrogen (secondary N) is 2. The Hall–Kier alpha value is -2.19. The van der Waals surface area contributed by atoms with Gasteiger partial charge >= 0.3 is 12.2 Å². The van der Waals surface area contributed by atoms with Crippen molar-refractivity contribution in [3.05, 3.63) is 61.5 Å². The quantitative estimate of drug-likeness (QED) is 0.742. The van der Waals surface area contributed by atoms with Crippen molar-refractivity contribution in [2.24, 2.45) is 0 Å². The van der Waals surface area contributed by atoms with E-state index in [4.69, 9.17) is 23.2 Å². The number of hydrogen-bond acceptors (Lipinski definition) is 2. The number of urea groups is 1. The second kappa shape index (κ2) is 6.85. The second-order valence-corrected chi connectivity index (χ2v) is 6.57. The molecule has 138 valence electrons. The number of benzene rings is 1. The zero-order valence-electron chi connectivity index (χ0n) is 13.1. The lowest BCUT2D eigenvalue weighted by molar-refractivity contribution is -0.136. The maximum atomic E-state index is 13.2. The molecule has 1 aliphatic heterocycles. The summed E-state index contributed by atoms with van der Waals surface area (Å²) in [6.07, 6.45) is -2.78. The highest BCUT2D eigenvalue weighted by Gasteiger charge is 2.35. The zero-order valence-corrected chi connectivity index (χ0v) is 14.6. The number of halogens is 5. The van der Waals surface area contributed by atoms with Gasteiger partial charge in [0.05, 0.1) is 21.3 Å². The number of amides is 2. The minimum atomic E-state index is -4.70. The molecular formula is C16H12Cl2F3N3O2. The Kier molecular flexibility index (Phi) is 4.90. The topological polar surface area (TPSA) is 65.2 Å². The van der Waals surface area contributed by atoms with Crippen LogP contribution in [0.15, 0.2) is 29.2 Å². The van der Waals surface area contributed by atoms with E-state index in [0.717, 1.165) is 17.2 Å². The first-order chi connectivity index (χ1) is 12.1. The normalized spacial score (nSPS) is 14.1. The van der Waals surface area contributed by atoms with Crippen molar-refractivity contribution in [2.45, 2.75) is 19.1 Å². The molecule has 0 atom stereocenters. The van der Waals surface area contributed by atoms with Gasteiger partial charge in [-0.05, 0) is 29.7 Å². The van der Waals surface area contributed by atoms with E-state index >= 15 is 0 Å². The van der Waals surface area contributed by atoms with E-state index in [1.54, 1.807) is 0 Å². The van der Waals surface area contributed by atoms with Gasteiger partial charge in [-0.3, -0.25) is 4.79 Å². The van der Waals surface area contributed by atoms with E-state index in [1.165, 1.54) is 17.2 Å². The Labute approximate surface area is 155 Å². The lowest BCUT2D eigenvalue weighted by Crippen LogP contribution is -2.39. The van der Waals surface area contributed by atoms with Crippen molar-refractivity contribution >= 4 is 34.9 Å². The molecule has 1 aromatic carbocycles. The Balaban J connectivity index is 1.84. The average molecular weight is 406 g/mol. The largest absolute Gasteiger partial charge is 0.418 e. The van der Waals surface area contributed by atoms with Crippen LogP contribution in [0.2, 0.25) is 10.0 Å². The summed E-state index contributed by atoms with van der Waals surface area (Å²) in [5, 5.41) is 1.89. The van der Waals surface area contributed by atoms with Crippen LogP contribution < -0.4 is 10.9 Å². The Morgan fingerprint density at radius 2 is 1.85 bits per heavy atom. The van der Waals surface area contributed by atoms with Gasteiger partial charge in [-0.2, -0.15) is 13.2 Å². The third kappa shape index (κ3) is 3.81. The van der Waals surface area contributed by atoms with E-state index in [1.807, 2.05) is 0 Å². The van der Waals surface area contributed by atoms with E-state index in [-0.39, 0.29) is 28.7 Å². The molecule has 2 amide bonds. The molecule has 0 aliphatic carbocycles. The lowest BCUT2D eigenvalue weighted by Gasteiger charge is -2.29. The van der Waals surface area contributed by atoms with Crippen molar-refractivity contribution < 1.29 is 18.0 Å². The molecule has 0 bridgehead atoms. The molecule has 0 radical (unpaired) electrons. The van der Waals surface area contributed by atoms with Crippen molar-refractivity contribution in [1.29, 1.82) is 0 Å². The molecule has 2 aromatic rings. The van der Waals surface area contributed by atoms with Crippen LogP contribution in [0, 0.1) is 0 Å². The minimum Gasteiger partial charge on any atom is -0.329 e. The van der Waals surface area contributed by atoms with Crippen LogP contribution in [-0.4, -0.2) is 22.5 Å². The molecule has 2 heterocycles. The fourth-order valence-corrected chi connectivity index (χ4v) is 3.04. The molecule has 3 rings (SSSR count). The van der Waals surface area contributed by atoms with Crippen LogP contribution in [0.5, 0.6) is 0 Å².